The minimum Gasteiger partial charge on any atom is -0.465 e. The van der Waals surface area contributed by atoms with Gasteiger partial charge in [0.15, 0.2) is 3.92 Å². The fraction of sp³-hybridized carbons (Fsp3) is 0.600. The fourth-order valence-electron chi connectivity index (χ4n) is 2.35. The maximum atomic E-state index is 11.4. The van der Waals surface area contributed by atoms with Crippen LogP contribution in [0.15, 0.2) is 9.30 Å². The summed E-state index contributed by atoms with van der Waals surface area (Å²) in [4.78, 5) is 16.8. The Hall–Kier alpha value is -0.710. The van der Waals surface area contributed by atoms with Crippen LogP contribution in [0.2, 0.25) is 0 Å². The Morgan fingerprint density at radius 1 is 1.70 bits per heavy atom. The number of aromatic nitrogens is 1. The van der Waals surface area contributed by atoms with Crippen molar-refractivity contribution in [3.05, 3.63) is 15.0 Å². The number of likely N-dealkylation sites (tertiary alicyclic amines) is 1. The molecule has 0 aliphatic carbocycles. The predicted octanol–water partition coefficient (Wildman–Crippen LogP) is 1.12. The lowest BCUT2D eigenvalue weighted by molar-refractivity contribution is 0.137. The predicted molar refractivity (Wildman–Crippen MR) is 78.4 cm³/mol. The van der Waals surface area contributed by atoms with Crippen molar-refractivity contribution in [2.45, 2.75) is 24.9 Å². The molecule has 2 heterocycles. The standard InChI is InChI=1S/C10H14BrN3O4S2/c1-20(17,18)13-7-2-3-14(10(15)16)8(7)4-6-5-19-9(11)12-6/h5,7-8,13H,2-4H2,1H3,(H,15,16). The highest BCUT2D eigenvalue weighted by atomic mass is 79.9. The number of hydrogen-bond acceptors (Lipinski definition) is 5. The second kappa shape index (κ2) is 5.96. The number of nitrogens with zero attached hydrogens (tertiary/aromatic N) is 2. The number of rotatable bonds is 4. The van der Waals surface area contributed by atoms with Crippen LogP contribution < -0.4 is 4.72 Å². The second-order valence-corrected chi connectivity index (χ2v) is 8.54. The Labute approximate surface area is 129 Å². The Morgan fingerprint density at radius 3 is 2.90 bits per heavy atom. The lowest BCUT2D eigenvalue weighted by atomic mass is 10.1. The van der Waals surface area contributed by atoms with Crippen molar-refractivity contribution in [2.75, 3.05) is 12.8 Å². The molecule has 2 unspecified atom stereocenters. The molecule has 1 amide bonds. The molecule has 0 bridgehead atoms. The number of nitrogens with one attached hydrogen (secondary N) is 1. The van der Waals surface area contributed by atoms with Gasteiger partial charge < -0.3 is 10.0 Å². The summed E-state index contributed by atoms with van der Waals surface area (Å²) in [5.74, 6) is 0. The molecule has 10 heteroatoms. The van der Waals surface area contributed by atoms with Gasteiger partial charge in [-0.2, -0.15) is 0 Å². The lowest BCUT2D eigenvalue weighted by Gasteiger charge is -2.25. The van der Waals surface area contributed by atoms with E-state index in [4.69, 9.17) is 0 Å². The number of halogens is 1. The van der Waals surface area contributed by atoms with Gasteiger partial charge in [-0.1, -0.05) is 0 Å². The number of amides is 1. The van der Waals surface area contributed by atoms with E-state index in [2.05, 4.69) is 25.6 Å². The zero-order chi connectivity index (χ0) is 14.9. The molecular weight excluding hydrogens is 370 g/mol. The molecule has 1 aromatic heterocycles. The van der Waals surface area contributed by atoms with E-state index >= 15 is 0 Å². The van der Waals surface area contributed by atoms with Gasteiger partial charge in [0.25, 0.3) is 0 Å². The SMILES string of the molecule is CS(=O)(=O)NC1CCN(C(=O)O)C1Cc1csc(Br)n1. The average molecular weight is 384 g/mol. The summed E-state index contributed by atoms with van der Waals surface area (Å²) in [5.41, 5.74) is 0.750. The van der Waals surface area contributed by atoms with E-state index in [1.54, 1.807) is 0 Å². The van der Waals surface area contributed by atoms with Gasteiger partial charge in [0.1, 0.15) is 0 Å². The van der Waals surface area contributed by atoms with Crippen molar-refractivity contribution >= 4 is 43.4 Å². The summed E-state index contributed by atoms with van der Waals surface area (Å²) in [5, 5.41) is 11.0. The second-order valence-electron chi connectivity index (χ2n) is 4.62. The van der Waals surface area contributed by atoms with Crippen molar-refractivity contribution in [3.63, 3.8) is 0 Å². The van der Waals surface area contributed by atoms with Gasteiger partial charge >= 0.3 is 6.09 Å². The molecule has 2 atom stereocenters. The summed E-state index contributed by atoms with van der Waals surface area (Å²) < 4.78 is 26.0. The molecule has 2 N–H and O–H groups in total. The molecule has 0 saturated carbocycles. The van der Waals surface area contributed by atoms with Crippen LogP contribution in [0.25, 0.3) is 0 Å². The van der Waals surface area contributed by atoms with Crippen LogP contribution in [0.5, 0.6) is 0 Å². The van der Waals surface area contributed by atoms with Crippen LogP contribution in [0, 0.1) is 0 Å². The summed E-state index contributed by atoms with van der Waals surface area (Å²) >= 11 is 4.67. The first-order valence-electron chi connectivity index (χ1n) is 5.83. The van der Waals surface area contributed by atoms with Crippen LogP contribution in [0.1, 0.15) is 12.1 Å². The number of hydrogen-bond donors (Lipinski definition) is 2. The van der Waals surface area contributed by atoms with E-state index < -0.39 is 28.2 Å². The fourth-order valence-corrected chi connectivity index (χ4v) is 4.23. The summed E-state index contributed by atoms with van der Waals surface area (Å²) in [6.45, 7) is 0.318. The molecule has 2 rings (SSSR count). The zero-order valence-corrected chi connectivity index (χ0v) is 13.8. The van der Waals surface area contributed by atoms with Gasteiger partial charge in [-0.3, -0.25) is 0 Å². The molecule has 112 valence electrons. The molecule has 7 nitrogen and oxygen atoms in total. The molecule has 1 aliphatic rings. The van der Waals surface area contributed by atoms with Crippen LogP contribution in [0.4, 0.5) is 4.79 Å². The van der Waals surface area contributed by atoms with Gasteiger partial charge in [-0.05, 0) is 22.4 Å². The first kappa shape index (κ1) is 15.7. The zero-order valence-electron chi connectivity index (χ0n) is 10.6. The Morgan fingerprint density at radius 2 is 2.40 bits per heavy atom. The molecular formula is C10H14BrN3O4S2. The lowest BCUT2D eigenvalue weighted by Crippen LogP contribution is -2.47. The first-order chi connectivity index (χ1) is 9.26. The van der Waals surface area contributed by atoms with Crippen LogP contribution in [0.3, 0.4) is 0 Å². The normalized spacial score (nSPS) is 23.2. The van der Waals surface area contributed by atoms with Crippen LogP contribution >= 0.6 is 27.3 Å². The van der Waals surface area contributed by atoms with Gasteiger partial charge in [-0.15, -0.1) is 11.3 Å². The van der Waals surface area contributed by atoms with Crippen molar-refractivity contribution in [1.29, 1.82) is 0 Å². The van der Waals surface area contributed by atoms with Crippen molar-refractivity contribution in [1.82, 2.24) is 14.6 Å². The molecule has 0 radical (unpaired) electrons. The Kier molecular flexibility index (Phi) is 4.67. The van der Waals surface area contributed by atoms with E-state index in [0.717, 1.165) is 15.9 Å². The van der Waals surface area contributed by atoms with Crippen molar-refractivity contribution < 1.29 is 18.3 Å². The smallest absolute Gasteiger partial charge is 0.407 e. The topological polar surface area (TPSA) is 99.6 Å². The molecule has 20 heavy (non-hydrogen) atoms. The van der Waals surface area contributed by atoms with E-state index in [-0.39, 0.29) is 0 Å². The number of sulfonamides is 1. The van der Waals surface area contributed by atoms with Gasteiger partial charge in [0, 0.05) is 24.4 Å². The third-order valence-electron chi connectivity index (χ3n) is 3.10. The van der Waals surface area contributed by atoms with Crippen molar-refractivity contribution in [2.24, 2.45) is 0 Å². The highest BCUT2D eigenvalue weighted by Crippen LogP contribution is 2.24. The van der Waals surface area contributed by atoms with E-state index in [1.165, 1.54) is 16.2 Å². The molecule has 0 aromatic carbocycles. The molecule has 0 spiro atoms. The molecule has 1 aliphatic heterocycles. The highest BCUT2D eigenvalue weighted by Gasteiger charge is 2.38. The van der Waals surface area contributed by atoms with E-state index in [0.29, 0.717) is 19.4 Å². The number of thiazole rings is 1. The van der Waals surface area contributed by atoms with Gasteiger partial charge in [0.2, 0.25) is 10.0 Å². The quantitative estimate of drug-likeness (QED) is 0.811. The number of carbonyl (C=O) groups is 1. The third kappa shape index (κ3) is 3.90. The van der Waals surface area contributed by atoms with Crippen molar-refractivity contribution in [3.8, 4) is 0 Å². The average Bonchev–Trinajstić information content (AvgIpc) is 2.85. The third-order valence-corrected chi connectivity index (χ3v) is 5.24. The van der Waals surface area contributed by atoms with E-state index in [1.807, 2.05) is 5.38 Å². The maximum Gasteiger partial charge on any atom is 0.407 e. The first-order valence-corrected chi connectivity index (χ1v) is 9.39. The number of carboxylic acid groups (broad SMARTS) is 1. The van der Waals surface area contributed by atoms with E-state index in [9.17, 15) is 18.3 Å². The maximum absolute atomic E-state index is 11.4. The van der Waals surface area contributed by atoms with Crippen LogP contribution in [-0.2, 0) is 16.4 Å². The molecule has 1 saturated heterocycles. The highest BCUT2D eigenvalue weighted by molar-refractivity contribution is 9.11. The summed E-state index contributed by atoms with van der Waals surface area (Å²) in [6, 6.07) is -0.849. The van der Waals surface area contributed by atoms with Gasteiger partial charge in [0.05, 0.1) is 18.0 Å². The summed E-state index contributed by atoms with van der Waals surface area (Å²) in [7, 11) is -3.37. The van der Waals surface area contributed by atoms with Crippen LogP contribution in [-0.4, -0.2) is 54.4 Å². The van der Waals surface area contributed by atoms with Gasteiger partial charge in [-0.25, -0.2) is 22.9 Å². The summed E-state index contributed by atoms with van der Waals surface area (Å²) in [6.07, 6.45) is 0.895. The molecule has 1 aromatic rings. The molecule has 1 fully saturated rings. The largest absolute Gasteiger partial charge is 0.465 e. The Balaban J connectivity index is 2.18. The minimum atomic E-state index is -3.37. The Bertz CT molecular complexity index is 603. The monoisotopic (exact) mass is 383 g/mol. The minimum absolute atomic E-state index is 0.318.